The van der Waals surface area contributed by atoms with Crippen molar-refractivity contribution in [3.63, 3.8) is 0 Å². The van der Waals surface area contributed by atoms with Gasteiger partial charge in [0, 0.05) is 24.8 Å². The van der Waals surface area contributed by atoms with Crippen LogP contribution in [-0.4, -0.2) is 28.1 Å². The van der Waals surface area contributed by atoms with Gasteiger partial charge in [0.15, 0.2) is 0 Å². The Balaban J connectivity index is 1.85. The molecule has 0 fully saturated rings. The molecule has 6 nitrogen and oxygen atoms in total. The first kappa shape index (κ1) is 17.7. The second-order valence-electron chi connectivity index (χ2n) is 6.18. The first-order valence-corrected chi connectivity index (χ1v) is 8.58. The third-order valence-electron chi connectivity index (χ3n) is 3.68. The summed E-state index contributed by atoms with van der Waals surface area (Å²) in [7, 11) is 1.67. The van der Waals surface area contributed by atoms with Gasteiger partial charge in [0.1, 0.15) is 11.6 Å². The number of nitrogens with one attached hydrogen (secondary N) is 2. The molecule has 0 saturated heterocycles. The summed E-state index contributed by atoms with van der Waals surface area (Å²) in [6.45, 7) is 4.75. The van der Waals surface area contributed by atoms with Crippen LogP contribution < -0.4 is 15.4 Å². The maximum absolute atomic E-state index is 5.28. The number of hydrogen-bond acceptors (Lipinski definition) is 6. The normalized spacial score (nSPS) is 10.6. The lowest BCUT2D eigenvalue weighted by Gasteiger charge is -2.13. The van der Waals surface area contributed by atoms with Crippen molar-refractivity contribution >= 4 is 11.8 Å². The molecule has 0 amide bonds. The van der Waals surface area contributed by atoms with E-state index in [1.54, 1.807) is 13.3 Å². The number of anilines is 2. The van der Waals surface area contributed by atoms with E-state index in [1.165, 1.54) is 0 Å². The van der Waals surface area contributed by atoms with Crippen LogP contribution >= 0.6 is 0 Å². The molecule has 0 aliphatic carbocycles. The molecule has 2 heterocycles. The number of nitrogens with zero attached hydrogens (tertiary/aromatic N) is 3. The fraction of sp³-hybridized carbons (Fsp3) is 0.250. The molecule has 0 radical (unpaired) electrons. The second-order valence-corrected chi connectivity index (χ2v) is 6.18. The Kier molecular flexibility index (Phi) is 5.63. The molecule has 0 bridgehead atoms. The number of ether oxygens (including phenoxy) is 1. The lowest BCUT2D eigenvalue weighted by molar-refractivity contribution is 0.414. The second kappa shape index (κ2) is 8.29. The van der Waals surface area contributed by atoms with E-state index < -0.39 is 0 Å². The molecule has 6 heteroatoms. The first-order chi connectivity index (χ1) is 12.6. The van der Waals surface area contributed by atoms with E-state index in [-0.39, 0.29) is 6.04 Å². The molecule has 0 atom stereocenters. The Morgan fingerprint density at radius 2 is 1.88 bits per heavy atom. The van der Waals surface area contributed by atoms with Gasteiger partial charge in [-0.25, -0.2) is 4.98 Å². The van der Waals surface area contributed by atoms with Gasteiger partial charge in [-0.2, -0.15) is 4.98 Å². The number of methoxy groups -OCH3 is 1. The van der Waals surface area contributed by atoms with Gasteiger partial charge in [-0.05, 0) is 43.7 Å². The van der Waals surface area contributed by atoms with Crippen LogP contribution in [0.15, 0.2) is 54.7 Å². The molecule has 0 unspecified atom stereocenters. The molecular weight excluding hydrogens is 326 g/mol. The molecule has 2 aromatic heterocycles. The number of pyridine rings is 1. The Morgan fingerprint density at radius 1 is 1.00 bits per heavy atom. The summed E-state index contributed by atoms with van der Waals surface area (Å²) in [6, 6.07) is 15.9. The summed E-state index contributed by atoms with van der Waals surface area (Å²) in [5, 5.41) is 6.62. The molecule has 1 aromatic carbocycles. The van der Waals surface area contributed by atoms with Gasteiger partial charge in [0.2, 0.25) is 5.95 Å². The SMILES string of the molecule is COc1cccc(CNc2cc(-c3ccccn3)nc(NC(C)C)n2)c1. The zero-order valence-corrected chi connectivity index (χ0v) is 15.2. The standard InChI is InChI=1S/C20H23N5O/c1-14(2)23-20-24-18(17-9-4-5-10-21-17)12-19(25-20)22-13-15-7-6-8-16(11-15)26-3/h4-12,14H,13H2,1-3H3,(H2,22,23,24,25). The molecule has 0 spiro atoms. The average Bonchev–Trinajstić information content (AvgIpc) is 2.66. The Labute approximate surface area is 153 Å². The van der Waals surface area contributed by atoms with E-state index in [2.05, 4.69) is 39.4 Å². The largest absolute Gasteiger partial charge is 0.497 e. The molecule has 0 saturated carbocycles. The molecule has 2 N–H and O–H groups in total. The van der Waals surface area contributed by atoms with Crippen molar-refractivity contribution in [1.82, 2.24) is 15.0 Å². The summed E-state index contributed by atoms with van der Waals surface area (Å²) >= 11 is 0. The summed E-state index contributed by atoms with van der Waals surface area (Å²) in [6.07, 6.45) is 1.76. The van der Waals surface area contributed by atoms with Gasteiger partial charge in [0.05, 0.1) is 18.5 Å². The predicted octanol–water partition coefficient (Wildman–Crippen LogP) is 3.98. The number of rotatable bonds is 7. The molecule has 3 rings (SSSR count). The first-order valence-electron chi connectivity index (χ1n) is 8.58. The average molecular weight is 349 g/mol. The van der Waals surface area contributed by atoms with Crippen LogP contribution in [-0.2, 0) is 6.54 Å². The van der Waals surface area contributed by atoms with E-state index in [4.69, 9.17) is 4.74 Å². The zero-order chi connectivity index (χ0) is 18.4. The van der Waals surface area contributed by atoms with Gasteiger partial charge in [0.25, 0.3) is 0 Å². The highest BCUT2D eigenvalue weighted by atomic mass is 16.5. The van der Waals surface area contributed by atoms with Crippen molar-refractivity contribution in [3.05, 3.63) is 60.3 Å². The molecule has 26 heavy (non-hydrogen) atoms. The van der Waals surface area contributed by atoms with Crippen LogP contribution in [0.4, 0.5) is 11.8 Å². The summed E-state index contributed by atoms with van der Waals surface area (Å²) in [5.74, 6) is 2.16. The van der Waals surface area contributed by atoms with Crippen molar-refractivity contribution < 1.29 is 4.74 Å². The van der Waals surface area contributed by atoms with Crippen LogP contribution in [0.5, 0.6) is 5.75 Å². The van der Waals surface area contributed by atoms with E-state index in [9.17, 15) is 0 Å². The Bertz CT molecular complexity index is 852. The minimum absolute atomic E-state index is 0.236. The Morgan fingerprint density at radius 3 is 2.62 bits per heavy atom. The van der Waals surface area contributed by atoms with Gasteiger partial charge < -0.3 is 15.4 Å². The highest BCUT2D eigenvalue weighted by molar-refractivity contribution is 5.61. The summed E-state index contributed by atoms with van der Waals surface area (Å²) < 4.78 is 5.28. The maximum atomic E-state index is 5.28. The number of aromatic nitrogens is 3. The van der Waals surface area contributed by atoms with Gasteiger partial charge >= 0.3 is 0 Å². The predicted molar refractivity (Wildman–Crippen MR) is 104 cm³/mol. The van der Waals surface area contributed by atoms with Gasteiger partial charge in [-0.15, -0.1) is 0 Å². The molecular formula is C20H23N5O. The minimum atomic E-state index is 0.236. The fourth-order valence-electron chi connectivity index (χ4n) is 2.48. The van der Waals surface area contributed by atoms with E-state index in [0.717, 1.165) is 28.5 Å². The lowest BCUT2D eigenvalue weighted by atomic mass is 10.2. The number of benzene rings is 1. The lowest BCUT2D eigenvalue weighted by Crippen LogP contribution is -2.14. The third kappa shape index (κ3) is 4.69. The topological polar surface area (TPSA) is 72.0 Å². The van der Waals surface area contributed by atoms with Gasteiger partial charge in [-0.3, -0.25) is 4.98 Å². The van der Waals surface area contributed by atoms with Crippen molar-refractivity contribution in [3.8, 4) is 17.1 Å². The monoisotopic (exact) mass is 349 g/mol. The van der Waals surface area contributed by atoms with Crippen molar-refractivity contribution in [2.45, 2.75) is 26.4 Å². The zero-order valence-electron chi connectivity index (χ0n) is 15.2. The van der Waals surface area contributed by atoms with Crippen LogP contribution in [0.2, 0.25) is 0 Å². The minimum Gasteiger partial charge on any atom is -0.497 e. The Hall–Kier alpha value is -3.15. The maximum Gasteiger partial charge on any atom is 0.225 e. The van der Waals surface area contributed by atoms with Crippen LogP contribution in [0.3, 0.4) is 0 Å². The van der Waals surface area contributed by atoms with Crippen molar-refractivity contribution in [2.75, 3.05) is 17.7 Å². The van der Waals surface area contributed by atoms with Gasteiger partial charge in [-0.1, -0.05) is 18.2 Å². The quantitative estimate of drug-likeness (QED) is 0.672. The van der Waals surface area contributed by atoms with Crippen LogP contribution in [0, 0.1) is 0 Å². The summed E-state index contributed by atoms with van der Waals surface area (Å²) in [5.41, 5.74) is 2.70. The number of hydrogen-bond donors (Lipinski definition) is 2. The van der Waals surface area contributed by atoms with Crippen molar-refractivity contribution in [1.29, 1.82) is 0 Å². The molecule has 0 aliphatic heterocycles. The van der Waals surface area contributed by atoms with Crippen LogP contribution in [0.25, 0.3) is 11.4 Å². The van der Waals surface area contributed by atoms with Crippen molar-refractivity contribution in [2.24, 2.45) is 0 Å². The molecule has 134 valence electrons. The highest BCUT2D eigenvalue weighted by Gasteiger charge is 2.09. The third-order valence-corrected chi connectivity index (χ3v) is 3.68. The van der Waals surface area contributed by atoms with E-state index in [1.807, 2.05) is 48.5 Å². The van der Waals surface area contributed by atoms with E-state index in [0.29, 0.717) is 12.5 Å². The van der Waals surface area contributed by atoms with E-state index >= 15 is 0 Å². The molecule has 0 aliphatic rings. The highest BCUT2D eigenvalue weighted by Crippen LogP contribution is 2.21. The summed E-state index contributed by atoms with van der Waals surface area (Å²) in [4.78, 5) is 13.5. The fourth-order valence-corrected chi connectivity index (χ4v) is 2.48. The molecule has 3 aromatic rings. The van der Waals surface area contributed by atoms with Crippen LogP contribution in [0.1, 0.15) is 19.4 Å². The smallest absolute Gasteiger partial charge is 0.225 e.